The minimum atomic E-state index is 0.503. The highest BCUT2D eigenvalue weighted by Crippen LogP contribution is 2.37. The lowest BCUT2D eigenvalue weighted by Crippen LogP contribution is -2.09. The average Bonchev–Trinajstić information content (AvgIpc) is 2.97. The van der Waals surface area contributed by atoms with Gasteiger partial charge in [-0.2, -0.15) is 11.8 Å². The van der Waals surface area contributed by atoms with Gasteiger partial charge in [0.2, 0.25) is 0 Å². The van der Waals surface area contributed by atoms with Gasteiger partial charge in [-0.25, -0.2) is 0 Å². The van der Waals surface area contributed by atoms with Crippen molar-refractivity contribution in [1.29, 1.82) is 0 Å². The van der Waals surface area contributed by atoms with E-state index in [0.717, 1.165) is 50.9 Å². The number of hydrogen-bond donors (Lipinski definition) is 1. The van der Waals surface area contributed by atoms with Gasteiger partial charge in [-0.3, -0.25) is 0 Å². The fourth-order valence-corrected chi connectivity index (χ4v) is 4.77. The van der Waals surface area contributed by atoms with E-state index in [4.69, 9.17) is 23.2 Å². The van der Waals surface area contributed by atoms with Gasteiger partial charge < -0.3 is 9.77 Å². The largest absolute Gasteiger partial charge is 0.411 e. The Morgan fingerprint density at radius 1 is 1.21 bits per heavy atom. The van der Waals surface area contributed by atoms with Crippen molar-refractivity contribution in [2.45, 2.75) is 26.3 Å². The smallest absolute Gasteiger partial charge is 0.0936 e. The molecule has 0 amide bonds. The Morgan fingerprint density at radius 2 is 1.96 bits per heavy atom. The van der Waals surface area contributed by atoms with Crippen molar-refractivity contribution < 1.29 is 5.21 Å². The fourth-order valence-electron chi connectivity index (χ4n) is 3.51. The van der Waals surface area contributed by atoms with Crippen LogP contribution < -0.4 is 0 Å². The van der Waals surface area contributed by atoms with Gasteiger partial charge in [0, 0.05) is 34.1 Å². The zero-order valence-corrected chi connectivity index (χ0v) is 19.6. The molecule has 28 heavy (non-hydrogen) atoms. The molecule has 0 spiro atoms. The van der Waals surface area contributed by atoms with Crippen molar-refractivity contribution in [2.24, 2.45) is 5.16 Å². The van der Waals surface area contributed by atoms with Crippen LogP contribution >= 0.6 is 50.9 Å². The molecule has 0 saturated heterocycles. The molecule has 2 aromatic carbocycles. The van der Waals surface area contributed by atoms with Crippen molar-refractivity contribution >= 4 is 67.5 Å². The molecule has 3 aromatic rings. The van der Waals surface area contributed by atoms with Gasteiger partial charge in [0.05, 0.1) is 21.3 Å². The molecule has 0 bridgehead atoms. The van der Waals surface area contributed by atoms with Gasteiger partial charge in [0.15, 0.2) is 0 Å². The van der Waals surface area contributed by atoms with E-state index in [1.54, 1.807) is 6.07 Å². The number of aromatic nitrogens is 1. The molecule has 0 fully saturated rings. The molecule has 148 valence electrons. The molecule has 0 atom stereocenters. The Hall–Kier alpha value is -1.14. The second-order valence-corrected chi connectivity index (χ2v) is 9.16. The van der Waals surface area contributed by atoms with Crippen LogP contribution in [0.2, 0.25) is 10.0 Å². The molecule has 0 aliphatic carbocycles. The van der Waals surface area contributed by atoms with E-state index in [1.807, 2.05) is 49.0 Å². The minimum absolute atomic E-state index is 0.503. The summed E-state index contributed by atoms with van der Waals surface area (Å²) >= 11 is 18.3. The third-order valence-corrected chi connectivity index (χ3v) is 7.10. The predicted octanol–water partition coefficient (Wildman–Crippen LogP) is 7.19. The number of benzene rings is 2. The molecule has 1 N–H and O–H groups in total. The number of oxime groups is 1. The summed E-state index contributed by atoms with van der Waals surface area (Å²) in [7, 11) is 0. The van der Waals surface area contributed by atoms with Gasteiger partial charge in [0.1, 0.15) is 0 Å². The summed E-state index contributed by atoms with van der Waals surface area (Å²) in [5.74, 6) is 1.06. The first-order valence-corrected chi connectivity index (χ1v) is 11.8. The molecule has 0 aliphatic rings. The van der Waals surface area contributed by atoms with Gasteiger partial charge in [-0.05, 0) is 43.0 Å². The third kappa shape index (κ3) is 4.23. The standard InChI is InChI=1S/C21H21BrCl2N2OS/c1-13-19(18(25-27)12-14-6-3-4-7-16(14)22)15-8-9-17(23)20(24)21(15)26(13)10-5-11-28-2/h3-4,6-9,27H,5,10-12H2,1-2H3/b25-18+. The highest BCUT2D eigenvalue weighted by atomic mass is 79.9. The Kier molecular flexibility index (Phi) is 7.37. The highest BCUT2D eigenvalue weighted by molar-refractivity contribution is 9.10. The van der Waals surface area contributed by atoms with Crippen molar-refractivity contribution in [3.05, 3.63) is 67.7 Å². The van der Waals surface area contributed by atoms with Crippen LogP contribution in [0.25, 0.3) is 10.9 Å². The minimum Gasteiger partial charge on any atom is -0.411 e. The lowest BCUT2D eigenvalue weighted by molar-refractivity contribution is 0.318. The number of halogens is 3. The van der Waals surface area contributed by atoms with Gasteiger partial charge in [-0.1, -0.05) is 68.6 Å². The van der Waals surface area contributed by atoms with Crippen molar-refractivity contribution in [1.82, 2.24) is 4.57 Å². The summed E-state index contributed by atoms with van der Waals surface area (Å²) in [6, 6.07) is 11.7. The molecule has 0 aliphatic heterocycles. The van der Waals surface area contributed by atoms with E-state index in [9.17, 15) is 5.21 Å². The van der Waals surface area contributed by atoms with Crippen LogP contribution in [0.4, 0.5) is 0 Å². The number of nitrogens with zero attached hydrogens (tertiary/aromatic N) is 2. The van der Waals surface area contributed by atoms with Gasteiger partial charge in [-0.15, -0.1) is 0 Å². The van der Waals surface area contributed by atoms with Crippen molar-refractivity contribution in [2.75, 3.05) is 12.0 Å². The molecular formula is C21H21BrCl2N2OS. The van der Waals surface area contributed by atoms with Gasteiger partial charge >= 0.3 is 0 Å². The molecule has 0 unspecified atom stereocenters. The summed E-state index contributed by atoms with van der Waals surface area (Å²) < 4.78 is 3.18. The first-order valence-electron chi connectivity index (χ1n) is 8.90. The van der Waals surface area contributed by atoms with Crippen LogP contribution in [-0.2, 0) is 13.0 Å². The number of hydrogen-bond acceptors (Lipinski definition) is 3. The van der Waals surface area contributed by atoms with E-state index < -0.39 is 0 Å². The molecule has 0 saturated carbocycles. The SMILES string of the molecule is CSCCCn1c(C)c(/C(Cc2ccccc2Br)=N/O)c2ccc(Cl)c(Cl)c21. The van der Waals surface area contributed by atoms with Crippen molar-refractivity contribution in [3.63, 3.8) is 0 Å². The summed E-state index contributed by atoms with van der Waals surface area (Å²) in [4.78, 5) is 0. The summed E-state index contributed by atoms with van der Waals surface area (Å²) in [6.07, 6.45) is 3.62. The normalized spacial score (nSPS) is 12.1. The second-order valence-electron chi connectivity index (χ2n) is 6.53. The Bertz CT molecular complexity index is 1030. The number of rotatable bonds is 7. The second kappa shape index (κ2) is 9.57. The third-order valence-electron chi connectivity index (χ3n) is 4.83. The topological polar surface area (TPSA) is 37.5 Å². The van der Waals surface area contributed by atoms with Crippen molar-refractivity contribution in [3.8, 4) is 0 Å². The lowest BCUT2D eigenvalue weighted by atomic mass is 9.99. The quantitative estimate of drug-likeness (QED) is 0.161. The van der Waals surface area contributed by atoms with E-state index >= 15 is 0 Å². The Morgan fingerprint density at radius 3 is 2.64 bits per heavy atom. The van der Waals surface area contributed by atoms with Gasteiger partial charge in [0.25, 0.3) is 0 Å². The van der Waals surface area contributed by atoms with Crippen LogP contribution in [0.15, 0.2) is 46.0 Å². The van der Waals surface area contributed by atoms with Crippen LogP contribution in [0, 0.1) is 6.92 Å². The van der Waals surface area contributed by atoms with Crippen LogP contribution in [0.1, 0.15) is 23.2 Å². The first kappa shape index (κ1) is 21.6. The maximum Gasteiger partial charge on any atom is 0.0936 e. The highest BCUT2D eigenvalue weighted by Gasteiger charge is 2.22. The first-order chi connectivity index (χ1) is 13.5. The molecule has 3 rings (SSSR count). The molecule has 1 heterocycles. The van der Waals surface area contributed by atoms with Crippen LogP contribution in [0.3, 0.4) is 0 Å². The van der Waals surface area contributed by atoms with Crippen LogP contribution in [-0.4, -0.2) is 27.5 Å². The van der Waals surface area contributed by atoms with E-state index in [-0.39, 0.29) is 0 Å². The average molecular weight is 500 g/mol. The molecule has 1 aromatic heterocycles. The number of aryl methyl sites for hydroxylation is 1. The molecule has 0 radical (unpaired) electrons. The Labute approximate surface area is 187 Å². The maximum absolute atomic E-state index is 9.86. The zero-order valence-electron chi connectivity index (χ0n) is 15.7. The summed E-state index contributed by atoms with van der Waals surface area (Å²) in [5, 5.41) is 15.6. The monoisotopic (exact) mass is 498 g/mol. The summed E-state index contributed by atoms with van der Waals surface area (Å²) in [6.45, 7) is 2.88. The van der Waals surface area contributed by atoms with E-state index in [1.165, 1.54) is 0 Å². The zero-order chi connectivity index (χ0) is 20.3. The van der Waals surface area contributed by atoms with E-state index in [2.05, 4.69) is 31.9 Å². The number of fused-ring (bicyclic) bond motifs is 1. The lowest BCUT2D eigenvalue weighted by Gasteiger charge is -2.10. The van der Waals surface area contributed by atoms with E-state index in [0.29, 0.717) is 22.2 Å². The molecule has 7 heteroatoms. The maximum atomic E-state index is 9.86. The fraction of sp³-hybridized carbons (Fsp3) is 0.286. The number of thioether (sulfide) groups is 1. The van der Waals surface area contributed by atoms with Crippen LogP contribution in [0.5, 0.6) is 0 Å². The Balaban J connectivity index is 2.15. The molecular weight excluding hydrogens is 479 g/mol. The predicted molar refractivity (Wildman–Crippen MR) is 126 cm³/mol. The summed E-state index contributed by atoms with van der Waals surface area (Å²) in [5.41, 5.74) is 4.50. The molecule has 3 nitrogen and oxygen atoms in total.